The minimum atomic E-state index is -0.114. The van der Waals surface area contributed by atoms with Gasteiger partial charge in [-0.2, -0.15) is 0 Å². The molecule has 0 saturated carbocycles. The normalized spacial score (nSPS) is 11.1. The van der Waals surface area contributed by atoms with E-state index >= 15 is 0 Å². The maximum absolute atomic E-state index is 8.67. The van der Waals surface area contributed by atoms with Crippen LogP contribution in [-0.2, 0) is 0 Å². The summed E-state index contributed by atoms with van der Waals surface area (Å²) >= 11 is 5.75. The molecule has 0 spiro atoms. The van der Waals surface area contributed by atoms with Gasteiger partial charge in [-0.15, -0.1) is 0 Å². The number of rotatable bonds is 4. The summed E-state index contributed by atoms with van der Waals surface area (Å²) in [6.07, 6.45) is 0. The van der Waals surface area contributed by atoms with Gasteiger partial charge in [-0.25, -0.2) is 0 Å². The predicted octanol–water partition coefficient (Wildman–Crippen LogP) is 2.09. The lowest BCUT2D eigenvalue weighted by Crippen LogP contribution is -2.01. The molecule has 88 valence electrons. The fraction of sp³-hybridized carbons (Fsp3) is 0.300. The topological polar surface area (TPSA) is 60.3 Å². The molecule has 0 aromatic heterocycles. The first-order valence-electron chi connectivity index (χ1n) is 4.35. The van der Waals surface area contributed by atoms with Crippen LogP contribution in [0.2, 0.25) is 0 Å². The van der Waals surface area contributed by atoms with Crippen LogP contribution in [0.15, 0.2) is 17.3 Å². The number of methoxy groups -OCH3 is 3. The van der Waals surface area contributed by atoms with E-state index in [-0.39, 0.29) is 5.17 Å². The summed E-state index contributed by atoms with van der Waals surface area (Å²) in [6.45, 7) is 0. The maximum Gasteiger partial charge on any atom is 0.182 e. The van der Waals surface area contributed by atoms with Gasteiger partial charge in [-0.1, -0.05) is 16.8 Å². The van der Waals surface area contributed by atoms with Crippen LogP contribution in [0.5, 0.6) is 17.2 Å². The van der Waals surface area contributed by atoms with E-state index in [0.29, 0.717) is 22.8 Å². The molecule has 0 aliphatic heterocycles. The van der Waals surface area contributed by atoms with Crippen LogP contribution in [-0.4, -0.2) is 31.7 Å². The number of hydrogen-bond donors (Lipinski definition) is 1. The second kappa shape index (κ2) is 5.46. The van der Waals surface area contributed by atoms with Crippen LogP contribution in [0, 0.1) is 0 Å². The molecule has 0 amide bonds. The lowest BCUT2D eigenvalue weighted by atomic mass is 10.1. The van der Waals surface area contributed by atoms with Crippen molar-refractivity contribution in [2.24, 2.45) is 5.16 Å². The van der Waals surface area contributed by atoms with E-state index in [1.165, 1.54) is 21.3 Å². The summed E-state index contributed by atoms with van der Waals surface area (Å²) in [4.78, 5) is 0. The minimum Gasteiger partial charge on any atom is -0.496 e. The Bertz CT molecular complexity index is 381. The summed E-state index contributed by atoms with van der Waals surface area (Å²) in [6, 6.07) is 3.23. The molecule has 16 heavy (non-hydrogen) atoms. The van der Waals surface area contributed by atoms with E-state index in [1.807, 2.05) is 0 Å². The van der Waals surface area contributed by atoms with Gasteiger partial charge in [-0.3, -0.25) is 0 Å². The van der Waals surface area contributed by atoms with E-state index in [1.54, 1.807) is 12.1 Å². The van der Waals surface area contributed by atoms with Crippen LogP contribution in [0.25, 0.3) is 0 Å². The number of halogens is 1. The second-order valence-electron chi connectivity index (χ2n) is 2.80. The van der Waals surface area contributed by atoms with Crippen molar-refractivity contribution in [2.45, 2.75) is 0 Å². The van der Waals surface area contributed by atoms with Crippen molar-refractivity contribution in [2.75, 3.05) is 21.3 Å². The molecular weight excluding hydrogens is 234 g/mol. The molecule has 0 aliphatic rings. The molecule has 1 aromatic rings. The van der Waals surface area contributed by atoms with Crippen LogP contribution in [0.4, 0.5) is 0 Å². The van der Waals surface area contributed by atoms with Crippen molar-refractivity contribution >= 4 is 16.8 Å². The molecule has 1 N–H and O–H groups in total. The molecular formula is C10H12ClNO4. The molecule has 1 aromatic carbocycles. The molecule has 1 rings (SSSR count). The summed E-state index contributed by atoms with van der Waals surface area (Å²) < 4.78 is 15.3. The molecule has 0 saturated heterocycles. The Hall–Kier alpha value is -1.62. The quantitative estimate of drug-likeness (QED) is 0.501. The zero-order valence-corrected chi connectivity index (χ0v) is 9.91. The molecule has 0 aliphatic carbocycles. The predicted molar refractivity (Wildman–Crippen MR) is 60.3 cm³/mol. The van der Waals surface area contributed by atoms with Gasteiger partial charge in [0.05, 0.1) is 26.9 Å². The van der Waals surface area contributed by atoms with E-state index in [2.05, 4.69) is 5.16 Å². The first-order chi connectivity index (χ1) is 7.67. The third kappa shape index (κ3) is 2.30. The Morgan fingerprint density at radius 1 is 1.12 bits per heavy atom. The Morgan fingerprint density at radius 3 is 1.94 bits per heavy atom. The maximum atomic E-state index is 8.67. The lowest BCUT2D eigenvalue weighted by Gasteiger charge is -2.13. The van der Waals surface area contributed by atoms with Crippen molar-refractivity contribution in [3.8, 4) is 17.2 Å². The molecule has 0 radical (unpaired) electrons. The highest BCUT2D eigenvalue weighted by Crippen LogP contribution is 2.35. The van der Waals surface area contributed by atoms with Gasteiger partial charge in [0.1, 0.15) is 17.2 Å². The van der Waals surface area contributed by atoms with Gasteiger partial charge < -0.3 is 19.4 Å². The second-order valence-corrected chi connectivity index (χ2v) is 3.16. The lowest BCUT2D eigenvalue weighted by molar-refractivity contribution is 0.319. The first-order valence-corrected chi connectivity index (χ1v) is 4.73. The average Bonchev–Trinajstić information content (AvgIpc) is 2.35. The average molecular weight is 246 g/mol. The molecule has 0 heterocycles. The standard InChI is InChI=1S/C10H12ClNO4/c1-14-6-4-7(15-2)9(10(11)12-13)8(5-6)16-3/h4-5,13H,1-3H3. The van der Waals surface area contributed by atoms with E-state index in [4.69, 9.17) is 31.0 Å². The number of benzene rings is 1. The van der Waals surface area contributed by atoms with E-state index in [9.17, 15) is 0 Å². The van der Waals surface area contributed by atoms with Crippen LogP contribution < -0.4 is 14.2 Å². The van der Waals surface area contributed by atoms with Gasteiger partial charge in [-0.05, 0) is 0 Å². The smallest absolute Gasteiger partial charge is 0.182 e. The van der Waals surface area contributed by atoms with Gasteiger partial charge in [0, 0.05) is 12.1 Å². The Balaban J connectivity index is 3.43. The van der Waals surface area contributed by atoms with Crippen molar-refractivity contribution in [3.63, 3.8) is 0 Å². The van der Waals surface area contributed by atoms with Gasteiger partial charge in [0.25, 0.3) is 0 Å². The highest BCUT2D eigenvalue weighted by atomic mass is 35.5. The number of oxime groups is 1. The first kappa shape index (κ1) is 12.4. The molecule has 0 unspecified atom stereocenters. The molecule has 0 fully saturated rings. The van der Waals surface area contributed by atoms with Gasteiger partial charge in [0.15, 0.2) is 5.17 Å². The summed E-state index contributed by atoms with van der Waals surface area (Å²) in [5.74, 6) is 1.36. The van der Waals surface area contributed by atoms with Gasteiger partial charge in [0.2, 0.25) is 0 Å². The Morgan fingerprint density at radius 2 is 1.62 bits per heavy atom. The Labute approximate surface area is 98.2 Å². The summed E-state index contributed by atoms with van der Waals surface area (Å²) in [7, 11) is 4.47. The van der Waals surface area contributed by atoms with E-state index < -0.39 is 0 Å². The number of nitrogens with zero attached hydrogens (tertiary/aromatic N) is 1. The van der Waals surface area contributed by atoms with E-state index in [0.717, 1.165) is 0 Å². The Kier molecular flexibility index (Phi) is 4.25. The highest BCUT2D eigenvalue weighted by Gasteiger charge is 2.17. The zero-order valence-electron chi connectivity index (χ0n) is 9.15. The monoisotopic (exact) mass is 245 g/mol. The van der Waals surface area contributed by atoms with Crippen molar-refractivity contribution in [1.29, 1.82) is 0 Å². The summed E-state index contributed by atoms with van der Waals surface area (Å²) in [5.41, 5.74) is 0.370. The van der Waals surface area contributed by atoms with Crippen LogP contribution in [0.1, 0.15) is 5.56 Å². The number of ether oxygens (including phenoxy) is 3. The largest absolute Gasteiger partial charge is 0.496 e. The fourth-order valence-electron chi connectivity index (χ4n) is 1.26. The van der Waals surface area contributed by atoms with Crippen molar-refractivity contribution in [3.05, 3.63) is 17.7 Å². The van der Waals surface area contributed by atoms with Crippen LogP contribution in [0.3, 0.4) is 0 Å². The SMILES string of the molecule is COc1cc(OC)c(C(Cl)=NO)c(OC)c1. The fourth-order valence-corrected chi connectivity index (χ4v) is 1.45. The molecule has 0 bridgehead atoms. The minimum absolute atomic E-state index is 0.114. The number of hydrogen-bond acceptors (Lipinski definition) is 5. The molecule has 5 nitrogen and oxygen atoms in total. The molecule has 6 heteroatoms. The van der Waals surface area contributed by atoms with Crippen LogP contribution >= 0.6 is 11.6 Å². The zero-order chi connectivity index (χ0) is 12.1. The molecule has 0 atom stereocenters. The third-order valence-electron chi connectivity index (χ3n) is 2.01. The third-order valence-corrected chi connectivity index (χ3v) is 2.27. The van der Waals surface area contributed by atoms with Crippen molar-refractivity contribution < 1.29 is 19.4 Å². The highest BCUT2D eigenvalue weighted by molar-refractivity contribution is 6.70. The van der Waals surface area contributed by atoms with Crippen molar-refractivity contribution in [1.82, 2.24) is 0 Å². The van der Waals surface area contributed by atoms with Gasteiger partial charge >= 0.3 is 0 Å². The summed E-state index contributed by atoms with van der Waals surface area (Å²) in [5, 5.41) is 11.5.